The van der Waals surface area contributed by atoms with Gasteiger partial charge in [-0.25, -0.2) is 0 Å². The molecule has 1 atom stereocenters. The van der Waals surface area contributed by atoms with Crippen LogP contribution in [-0.2, 0) is 11.2 Å². The molecular weight excluding hydrogens is 308 g/mol. The second-order valence-corrected chi connectivity index (χ2v) is 5.53. The number of carbonyl (C=O) groups is 1. The van der Waals surface area contributed by atoms with Crippen molar-refractivity contribution in [1.29, 1.82) is 0 Å². The molecule has 0 spiro atoms. The van der Waals surface area contributed by atoms with Crippen LogP contribution in [0.1, 0.15) is 18.9 Å². The van der Waals surface area contributed by atoms with Crippen molar-refractivity contribution in [2.45, 2.75) is 25.8 Å². The molecule has 0 bridgehead atoms. The first kappa shape index (κ1) is 17.5. The van der Waals surface area contributed by atoms with Gasteiger partial charge in [-0.15, -0.1) is 0 Å². The van der Waals surface area contributed by atoms with Crippen molar-refractivity contribution in [3.05, 3.63) is 70.3 Å². The minimum Gasteiger partial charge on any atom is -0.484 e. The molecule has 0 unspecified atom stereocenters. The summed E-state index contributed by atoms with van der Waals surface area (Å²) in [6.45, 7) is 1.83. The number of nitro groups is 1. The number of rotatable bonds is 8. The Morgan fingerprint density at radius 2 is 1.83 bits per heavy atom. The number of hydrogen-bond donors (Lipinski definition) is 1. The van der Waals surface area contributed by atoms with Crippen molar-refractivity contribution >= 4 is 11.6 Å². The largest absolute Gasteiger partial charge is 0.484 e. The Hall–Kier alpha value is -2.89. The quantitative estimate of drug-likeness (QED) is 0.596. The predicted molar refractivity (Wildman–Crippen MR) is 91.0 cm³/mol. The molecule has 0 heterocycles. The first-order valence-corrected chi connectivity index (χ1v) is 7.75. The molecule has 2 rings (SSSR count). The lowest BCUT2D eigenvalue weighted by Gasteiger charge is -2.14. The fourth-order valence-electron chi connectivity index (χ4n) is 2.23. The van der Waals surface area contributed by atoms with Gasteiger partial charge in [0.15, 0.2) is 6.61 Å². The summed E-state index contributed by atoms with van der Waals surface area (Å²) in [6.07, 6.45) is 1.73. The number of aryl methyl sites for hydroxylation is 1. The van der Waals surface area contributed by atoms with Crippen LogP contribution in [0.15, 0.2) is 54.6 Å². The molecule has 24 heavy (non-hydrogen) atoms. The first-order valence-electron chi connectivity index (χ1n) is 7.75. The Bertz CT molecular complexity index is 671. The lowest BCUT2D eigenvalue weighted by Crippen LogP contribution is -2.36. The van der Waals surface area contributed by atoms with Gasteiger partial charge >= 0.3 is 0 Å². The van der Waals surface area contributed by atoms with Crippen molar-refractivity contribution in [3.8, 4) is 5.75 Å². The maximum Gasteiger partial charge on any atom is 0.269 e. The van der Waals surface area contributed by atoms with Crippen LogP contribution in [0.25, 0.3) is 0 Å². The summed E-state index contributed by atoms with van der Waals surface area (Å²) in [6, 6.07) is 15.8. The van der Waals surface area contributed by atoms with Crippen LogP contribution in [0, 0.1) is 10.1 Å². The Morgan fingerprint density at radius 1 is 1.17 bits per heavy atom. The standard InChI is InChI=1S/C18H20N2O4/c1-14(7-8-15-5-3-2-4-6-15)19-18(21)13-24-17-11-9-16(10-12-17)20(22)23/h2-6,9-12,14H,7-8,13H2,1H3,(H,19,21)/t14-/m0/s1. The second kappa shape index (κ2) is 8.67. The molecule has 0 saturated carbocycles. The monoisotopic (exact) mass is 328 g/mol. The van der Waals surface area contributed by atoms with E-state index in [1.54, 1.807) is 0 Å². The van der Waals surface area contributed by atoms with Gasteiger partial charge in [-0.1, -0.05) is 30.3 Å². The molecule has 126 valence electrons. The van der Waals surface area contributed by atoms with E-state index in [1.165, 1.54) is 29.8 Å². The lowest BCUT2D eigenvalue weighted by atomic mass is 10.1. The zero-order valence-corrected chi connectivity index (χ0v) is 13.5. The minimum atomic E-state index is -0.481. The van der Waals surface area contributed by atoms with Crippen molar-refractivity contribution in [3.63, 3.8) is 0 Å². The summed E-state index contributed by atoms with van der Waals surface area (Å²) in [7, 11) is 0. The number of amides is 1. The molecule has 6 nitrogen and oxygen atoms in total. The number of ether oxygens (including phenoxy) is 1. The molecule has 0 radical (unpaired) electrons. The summed E-state index contributed by atoms with van der Waals surface area (Å²) >= 11 is 0. The SMILES string of the molecule is C[C@@H](CCc1ccccc1)NC(=O)COc1ccc([N+](=O)[O-])cc1. The van der Waals surface area contributed by atoms with Crippen molar-refractivity contribution in [2.75, 3.05) is 6.61 Å². The highest BCUT2D eigenvalue weighted by Crippen LogP contribution is 2.17. The van der Waals surface area contributed by atoms with Gasteiger partial charge in [0.1, 0.15) is 5.75 Å². The van der Waals surface area contributed by atoms with E-state index in [1.807, 2.05) is 25.1 Å². The molecule has 0 aromatic heterocycles. The third-order valence-electron chi connectivity index (χ3n) is 3.53. The van der Waals surface area contributed by atoms with Gasteiger partial charge in [0.05, 0.1) is 4.92 Å². The Morgan fingerprint density at radius 3 is 2.46 bits per heavy atom. The Kier molecular flexibility index (Phi) is 6.31. The van der Waals surface area contributed by atoms with Gasteiger partial charge in [-0.2, -0.15) is 0 Å². The van der Waals surface area contributed by atoms with Crippen LogP contribution >= 0.6 is 0 Å². The van der Waals surface area contributed by atoms with E-state index in [0.29, 0.717) is 5.75 Å². The van der Waals surface area contributed by atoms with Crippen molar-refractivity contribution in [2.24, 2.45) is 0 Å². The average molecular weight is 328 g/mol. The molecule has 0 aliphatic heterocycles. The third kappa shape index (κ3) is 5.72. The molecule has 0 aliphatic rings. The normalized spacial score (nSPS) is 11.5. The van der Waals surface area contributed by atoms with Crippen molar-refractivity contribution < 1.29 is 14.5 Å². The van der Waals surface area contributed by atoms with E-state index in [-0.39, 0.29) is 24.2 Å². The van der Waals surface area contributed by atoms with Gasteiger partial charge in [0.2, 0.25) is 0 Å². The van der Waals surface area contributed by atoms with Crippen LogP contribution in [0.4, 0.5) is 5.69 Å². The van der Waals surface area contributed by atoms with E-state index in [2.05, 4.69) is 17.4 Å². The number of carbonyl (C=O) groups excluding carboxylic acids is 1. The fourth-order valence-corrected chi connectivity index (χ4v) is 2.23. The topological polar surface area (TPSA) is 81.5 Å². The number of nitrogens with zero attached hydrogens (tertiary/aromatic N) is 1. The Labute approximate surface area is 140 Å². The lowest BCUT2D eigenvalue weighted by molar-refractivity contribution is -0.384. The summed E-state index contributed by atoms with van der Waals surface area (Å²) in [5.74, 6) is 0.210. The molecule has 6 heteroatoms. The van der Waals surface area contributed by atoms with Crippen LogP contribution in [0.3, 0.4) is 0 Å². The highest BCUT2D eigenvalue weighted by atomic mass is 16.6. The molecule has 2 aromatic rings. The molecule has 1 amide bonds. The maximum absolute atomic E-state index is 11.9. The highest BCUT2D eigenvalue weighted by Gasteiger charge is 2.09. The van der Waals surface area contributed by atoms with Crippen LogP contribution < -0.4 is 10.1 Å². The Balaban J connectivity index is 1.71. The molecule has 0 aliphatic carbocycles. The van der Waals surface area contributed by atoms with Gasteiger partial charge in [0.25, 0.3) is 11.6 Å². The van der Waals surface area contributed by atoms with E-state index in [0.717, 1.165) is 12.8 Å². The summed E-state index contributed by atoms with van der Waals surface area (Å²) < 4.78 is 5.33. The fraction of sp³-hybridized carbons (Fsp3) is 0.278. The van der Waals surface area contributed by atoms with Gasteiger partial charge < -0.3 is 10.1 Å². The number of benzene rings is 2. The van der Waals surface area contributed by atoms with Crippen LogP contribution in [0.5, 0.6) is 5.75 Å². The molecule has 0 fully saturated rings. The first-order chi connectivity index (χ1) is 11.5. The molecule has 1 N–H and O–H groups in total. The number of nitrogens with one attached hydrogen (secondary N) is 1. The third-order valence-corrected chi connectivity index (χ3v) is 3.53. The molecule has 2 aromatic carbocycles. The summed E-state index contributed by atoms with van der Waals surface area (Å²) in [5.41, 5.74) is 1.22. The smallest absolute Gasteiger partial charge is 0.269 e. The second-order valence-electron chi connectivity index (χ2n) is 5.53. The molecular formula is C18H20N2O4. The zero-order valence-electron chi connectivity index (χ0n) is 13.5. The summed E-state index contributed by atoms with van der Waals surface area (Å²) in [5, 5.41) is 13.4. The minimum absolute atomic E-state index is 0.0127. The average Bonchev–Trinajstić information content (AvgIpc) is 2.59. The van der Waals surface area contributed by atoms with Gasteiger partial charge in [0, 0.05) is 18.2 Å². The van der Waals surface area contributed by atoms with E-state index in [9.17, 15) is 14.9 Å². The van der Waals surface area contributed by atoms with E-state index < -0.39 is 4.92 Å². The molecule has 0 saturated heterocycles. The zero-order chi connectivity index (χ0) is 17.4. The van der Waals surface area contributed by atoms with Crippen molar-refractivity contribution in [1.82, 2.24) is 5.32 Å². The van der Waals surface area contributed by atoms with Gasteiger partial charge in [-0.05, 0) is 37.5 Å². The highest BCUT2D eigenvalue weighted by molar-refractivity contribution is 5.77. The van der Waals surface area contributed by atoms with E-state index in [4.69, 9.17) is 4.74 Å². The number of nitro benzene ring substituents is 1. The summed E-state index contributed by atoms with van der Waals surface area (Å²) in [4.78, 5) is 22.0. The maximum atomic E-state index is 11.9. The number of hydrogen-bond acceptors (Lipinski definition) is 4. The van der Waals surface area contributed by atoms with Crippen LogP contribution in [-0.4, -0.2) is 23.5 Å². The number of non-ortho nitro benzene ring substituents is 1. The van der Waals surface area contributed by atoms with E-state index >= 15 is 0 Å². The van der Waals surface area contributed by atoms with Gasteiger partial charge in [-0.3, -0.25) is 14.9 Å². The van der Waals surface area contributed by atoms with Crippen LogP contribution in [0.2, 0.25) is 0 Å². The predicted octanol–water partition coefficient (Wildman–Crippen LogP) is 3.11.